The standard InChI is InChI=1S/C17H34N2O/c1-17(2)11-10-16(20-17)14-19(13-7-12-18)15-8-5-3-4-6-9-15/h15-16H,3-14,18H2,1-2H3. The van der Waals surface area contributed by atoms with Gasteiger partial charge < -0.3 is 10.5 Å². The Hall–Kier alpha value is -0.120. The van der Waals surface area contributed by atoms with E-state index in [-0.39, 0.29) is 5.60 Å². The third-order valence-corrected chi connectivity index (χ3v) is 4.98. The number of nitrogens with zero attached hydrogens (tertiary/aromatic N) is 1. The lowest BCUT2D eigenvalue weighted by Crippen LogP contribution is -2.42. The average molecular weight is 282 g/mol. The molecule has 20 heavy (non-hydrogen) atoms. The SMILES string of the molecule is CC1(C)CCC(CN(CCCN)C2CCCCCC2)O1. The highest BCUT2D eigenvalue weighted by Crippen LogP contribution is 2.31. The number of ether oxygens (including phenoxy) is 1. The third-order valence-electron chi connectivity index (χ3n) is 4.98. The van der Waals surface area contributed by atoms with Gasteiger partial charge in [-0.05, 0) is 59.0 Å². The van der Waals surface area contributed by atoms with Crippen LogP contribution in [0.25, 0.3) is 0 Å². The predicted molar refractivity (Wildman–Crippen MR) is 84.9 cm³/mol. The van der Waals surface area contributed by atoms with Gasteiger partial charge in [-0.2, -0.15) is 0 Å². The maximum atomic E-state index is 6.21. The zero-order valence-electron chi connectivity index (χ0n) is 13.6. The molecule has 1 atom stereocenters. The van der Waals surface area contributed by atoms with Crippen LogP contribution in [-0.2, 0) is 4.74 Å². The second-order valence-electron chi connectivity index (χ2n) is 7.32. The molecule has 2 fully saturated rings. The predicted octanol–water partition coefficient (Wildman–Crippen LogP) is 3.32. The summed E-state index contributed by atoms with van der Waals surface area (Å²) < 4.78 is 6.21. The molecule has 0 bridgehead atoms. The molecular formula is C17H34N2O. The Labute approximate surface area is 125 Å². The van der Waals surface area contributed by atoms with Crippen molar-refractivity contribution in [1.82, 2.24) is 4.90 Å². The normalized spacial score (nSPS) is 27.9. The van der Waals surface area contributed by atoms with Crippen molar-refractivity contribution in [3.05, 3.63) is 0 Å². The molecule has 0 aromatic rings. The van der Waals surface area contributed by atoms with Crippen LogP contribution in [0.15, 0.2) is 0 Å². The summed E-state index contributed by atoms with van der Waals surface area (Å²) in [5.74, 6) is 0. The molecule has 118 valence electrons. The Morgan fingerprint density at radius 2 is 1.80 bits per heavy atom. The lowest BCUT2D eigenvalue weighted by Gasteiger charge is -2.33. The Morgan fingerprint density at radius 3 is 2.35 bits per heavy atom. The highest BCUT2D eigenvalue weighted by molar-refractivity contribution is 4.85. The summed E-state index contributed by atoms with van der Waals surface area (Å²) >= 11 is 0. The van der Waals surface area contributed by atoms with E-state index in [1.54, 1.807) is 0 Å². The molecule has 2 N–H and O–H groups in total. The van der Waals surface area contributed by atoms with Gasteiger partial charge in [0.25, 0.3) is 0 Å². The van der Waals surface area contributed by atoms with Crippen molar-refractivity contribution in [2.75, 3.05) is 19.6 Å². The summed E-state index contributed by atoms with van der Waals surface area (Å²) in [4.78, 5) is 2.70. The Morgan fingerprint density at radius 1 is 1.10 bits per heavy atom. The molecule has 3 heteroatoms. The first-order chi connectivity index (χ1) is 9.61. The molecular weight excluding hydrogens is 248 g/mol. The van der Waals surface area contributed by atoms with E-state index in [0.29, 0.717) is 6.10 Å². The molecule has 1 unspecified atom stereocenters. The molecule has 1 heterocycles. The van der Waals surface area contributed by atoms with Crippen LogP contribution in [0.4, 0.5) is 0 Å². The van der Waals surface area contributed by atoms with Crippen LogP contribution in [0.5, 0.6) is 0 Å². The highest BCUT2D eigenvalue weighted by Gasteiger charge is 2.33. The number of rotatable bonds is 6. The summed E-state index contributed by atoms with van der Waals surface area (Å²) in [6.07, 6.45) is 12.4. The van der Waals surface area contributed by atoms with E-state index in [1.807, 2.05) is 0 Å². The fourth-order valence-corrected chi connectivity index (χ4v) is 3.81. The molecule has 0 spiro atoms. The first-order valence-electron chi connectivity index (χ1n) is 8.73. The van der Waals surface area contributed by atoms with Crippen molar-refractivity contribution >= 4 is 0 Å². The number of hydrogen-bond acceptors (Lipinski definition) is 3. The summed E-state index contributed by atoms with van der Waals surface area (Å²) in [5, 5.41) is 0. The Bertz CT molecular complexity index is 272. The van der Waals surface area contributed by atoms with Crippen molar-refractivity contribution in [2.45, 2.75) is 89.4 Å². The minimum atomic E-state index is 0.0909. The van der Waals surface area contributed by atoms with Crippen LogP contribution in [0, 0.1) is 0 Å². The van der Waals surface area contributed by atoms with Crippen molar-refractivity contribution < 1.29 is 4.74 Å². The molecule has 1 saturated heterocycles. The smallest absolute Gasteiger partial charge is 0.0710 e. The van der Waals surface area contributed by atoms with Gasteiger partial charge in [0.2, 0.25) is 0 Å². The van der Waals surface area contributed by atoms with Gasteiger partial charge in [0, 0.05) is 12.6 Å². The third kappa shape index (κ3) is 5.01. The molecule has 0 radical (unpaired) electrons. The Balaban J connectivity index is 1.88. The zero-order valence-corrected chi connectivity index (χ0v) is 13.6. The summed E-state index contributed by atoms with van der Waals surface area (Å²) in [6, 6.07) is 0.774. The first kappa shape index (κ1) is 16.3. The molecule has 1 aliphatic carbocycles. The molecule has 1 aliphatic heterocycles. The molecule has 2 rings (SSSR count). The second kappa shape index (κ2) is 7.77. The second-order valence-corrected chi connectivity index (χ2v) is 7.32. The maximum absolute atomic E-state index is 6.21. The minimum Gasteiger partial charge on any atom is -0.371 e. The van der Waals surface area contributed by atoms with Gasteiger partial charge in [-0.3, -0.25) is 4.90 Å². The van der Waals surface area contributed by atoms with E-state index in [2.05, 4.69) is 18.7 Å². The topological polar surface area (TPSA) is 38.5 Å². The van der Waals surface area contributed by atoms with Gasteiger partial charge in [0.15, 0.2) is 0 Å². The highest BCUT2D eigenvalue weighted by atomic mass is 16.5. The van der Waals surface area contributed by atoms with Gasteiger partial charge >= 0.3 is 0 Å². The van der Waals surface area contributed by atoms with Crippen LogP contribution < -0.4 is 5.73 Å². The van der Waals surface area contributed by atoms with Crippen molar-refractivity contribution in [2.24, 2.45) is 5.73 Å². The van der Waals surface area contributed by atoms with E-state index in [4.69, 9.17) is 10.5 Å². The Kier molecular flexibility index (Phi) is 6.31. The molecule has 2 aliphatic rings. The molecule has 1 saturated carbocycles. The van der Waals surface area contributed by atoms with E-state index in [1.165, 1.54) is 51.4 Å². The van der Waals surface area contributed by atoms with E-state index in [0.717, 1.165) is 32.1 Å². The quantitative estimate of drug-likeness (QED) is 0.760. The van der Waals surface area contributed by atoms with Gasteiger partial charge in [-0.1, -0.05) is 25.7 Å². The molecule has 0 aromatic carbocycles. The number of hydrogen-bond donors (Lipinski definition) is 1. The monoisotopic (exact) mass is 282 g/mol. The van der Waals surface area contributed by atoms with Crippen molar-refractivity contribution in [1.29, 1.82) is 0 Å². The van der Waals surface area contributed by atoms with E-state index >= 15 is 0 Å². The van der Waals surface area contributed by atoms with Gasteiger partial charge in [0.05, 0.1) is 11.7 Å². The van der Waals surface area contributed by atoms with Crippen LogP contribution in [0.3, 0.4) is 0 Å². The van der Waals surface area contributed by atoms with Gasteiger partial charge in [0.1, 0.15) is 0 Å². The average Bonchev–Trinajstić information content (AvgIpc) is 2.64. The fourth-order valence-electron chi connectivity index (χ4n) is 3.81. The first-order valence-corrected chi connectivity index (χ1v) is 8.73. The van der Waals surface area contributed by atoms with Crippen molar-refractivity contribution in [3.8, 4) is 0 Å². The van der Waals surface area contributed by atoms with E-state index in [9.17, 15) is 0 Å². The lowest BCUT2D eigenvalue weighted by atomic mass is 10.0. The van der Waals surface area contributed by atoms with Crippen molar-refractivity contribution in [3.63, 3.8) is 0 Å². The van der Waals surface area contributed by atoms with Crippen LogP contribution >= 0.6 is 0 Å². The summed E-state index contributed by atoms with van der Waals surface area (Å²) in [7, 11) is 0. The molecule has 3 nitrogen and oxygen atoms in total. The minimum absolute atomic E-state index is 0.0909. The molecule has 0 aromatic heterocycles. The lowest BCUT2D eigenvalue weighted by molar-refractivity contribution is -0.0347. The van der Waals surface area contributed by atoms with Gasteiger partial charge in [-0.15, -0.1) is 0 Å². The van der Waals surface area contributed by atoms with Crippen LogP contribution in [0.2, 0.25) is 0 Å². The van der Waals surface area contributed by atoms with Gasteiger partial charge in [-0.25, -0.2) is 0 Å². The van der Waals surface area contributed by atoms with E-state index < -0.39 is 0 Å². The molecule has 0 amide bonds. The fraction of sp³-hybridized carbons (Fsp3) is 1.00. The summed E-state index contributed by atoms with van der Waals surface area (Å²) in [5.41, 5.74) is 5.82. The zero-order chi connectivity index (χ0) is 14.4. The maximum Gasteiger partial charge on any atom is 0.0710 e. The van der Waals surface area contributed by atoms with Crippen LogP contribution in [0.1, 0.15) is 71.6 Å². The summed E-state index contributed by atoms with van der Waals surface area (Å²) in [6.45, 7) is 7.53. The van der Waals surface area contributed by atoms with Crippen LogP contribution in [-0.4, -0.2) is 42.3 Å². The largest absolute Gasteiger partial charge is 0.371 e. The number of nitrogens with two attached hydrogens (primary N) is 1.